The summed E-state index contributed by atoms with van der Waals surface area (Å²) in [7, 11) is 0. The smallest absolute Gasteiger partial charge is 0.322 e. The summed E-state index contributed by atoms with van der Waals surface area (Å²) in [5, 5.41) is 18.3. The van der Waals surface area contributed by atoms with Crippen LogP contribution in [0.3, 0.4) is 0 Å². The van der Waals surface area contributed by atoms with E-state index in [1.54, 1.807) is 13.0 Å². The average molecular weight is 388 g/mol. The summed E-state index contributed by atoms with van der Waals surface area (Å²) in [5.41, 5.74) is 3.08. The number of anilines is 2. The first-order chi connectivity index (χ1) is 14.1. The first-order valence-corrected chi connectivity index (χ1v) is 9.62. The Morgan fingerprint density at radius 1 is 1.07 bits per heavy atom. The molecule has 1 saturated heterocycles. The quantitative estimate of drug-likeness (QED) is 0.737. The summed E-state index contributed by atoms with van der Waals surface area (Å²) in [6.45, 7) is 3.43. The fourth-order valence-electron chi connectivity index (χ4n) is 4.13. The highest BCUT2D eigenvalue weighted by atomic mass is 16.4. The molecule has 29 heavy (non-hydrogen) atoms. The second kappa shape index (κ2) is 6.80. The van der Waals surface area contributed by atoms with Gasteiger partial charge in [-0.25, -0.2) is 0 Å². The van der Waals surface area contributed by atoms with Crippen molar-refractivity contribution in [2.24, 2.45) is 0 Å². The minimum absolute atomic E-state index is 0.0459. The fourth-order valence-corrected chi connectivity index (χ4v) is 4.13. The fraction of sp³-hybridized carbons (Fsp3) is 0.286. The molecule has 0 radical (unpaired) electrons. The highest BCUT2D eigenvalue weighted by Gasteiger charge is 2.38. The van der Waals surface area contributed by atoms with E-state index in [2.05, 4.69) is 67.0 Å². The molecule has 0 atom stereocenters. The van der Waals surface area contributed by atoms with Crippen LogP contribution < -0.4 is 10.2 Å². The molecule has 1 aliphatic carbocycles. The van der Waals surface area contributed by atoms with Gasteiger partial charge in [-0.05, 0) is 36.1 Å². The van der Waals surface area contributed by atoms with Crippen molar-refractivity contribution in [3.05, 3.63) is 65.2 Å². The summed E-state index contributed by atoms with van der Waals surface area (Å²) >= 11 is 0. The zero-order chi connectivity index (χ0) is 19.8. The number of hydrogen-bond donors (Lipinski definition) is 1. The van der Waals surface area contributed by atoms with E-state index in [0.717, 1.165) is 31.7 Å². The largest absolute Gasteiger partial charge is 0.408 e. The zero-order valence-corrected chi connectivity index (χ0v) is 16.0. The van der Waals surface area contributed by atoms with Gasteiger partial charge in [0.1, 0.15) is 0 Å². The molecule has 1 fully saturated rings. The molecule has 146 valence electrons. The maximum Gasteiger partial charge on any atom is 0.322 e. The Kier molecular flexibility index (Phi) is 4.12. The van der Waals surface area contributed by atoms with Crippen LogP contribution in [0, 0.1) is 6.92 Å². The highest BCUT2D eigenvalue weighted by Crippen LogP contribution is 2.43. The van der Waals surface area contributed by atoms with E-state index < -0.39 is 5.91 Å². The van der Waals surface area contributed by atoms with Gasteiger partial charge in [0, 0.05) is 25.4 Å². The molecule has 0 unspecified atom stereocenters. The molecule has 1 amide bonds. The lowest BCUT2D eigenvalue weighted by Crippen LogP contribution is -2.41. The zero-order valence-electron chi connectivity index (χ0n) is 16.0. The molecule has 5 rings (SSSR count). The van der Waals surface area contributed by atoms with Crippen molar-refractivity contribution in [2.45, 2.75) is 25.2 Å². The van der Waals surface area contributed by atoms with Crippen molar-refractivity contribution in [3.63, 3.8) is 0 Å². The minimum atomic E-state index is -0.432. The van der Waals surface area contributed by atoms with Gasteiger partial charge in [-0.2, -0.15) is 0 Å². The molecule has 8 nitrogen and oxygen atoms in total. The lowest BCUT2D eigenvalue weighted by Gasteiger charge is -2.39. The van der Waals surface area contributed by atoms with E-state index >= 15 is 0 Å². The lowest BCUT2D eigenvalue weighted by molar-refractivity contribution is 0.101. The Balaban J connectivity index is 1.25. The number of nitrogens with one attached hydrogen (secondary N) is 1. The van der Waals surface area contributed by atoms with E-state index in [4.69, 9.17) is 4.42 Å². The number of aryl methyl sites for hydroxylation is 1. The van der Waals surface area contributed by atoms with Crippen LogP contribution in [0.5, 0.6) is 0 Å². The molecule has 2 aliphatic rings. The Bertz CT molecular complexity index is 1080. The van der Waals surface area contributed by atoms with Crippen molar-refractivity contribution < 1.29 is 9.21 Å². The van der Waals surface area contributed by atoms with Crippen LogP contribution in [0.25, 0.3) is 6.08 Å². The number of rotatable bonds is 3. The number of benzene rings is 1. The summed E-state index contributed by atoms with van der Waals surface area (Å²) < 4.78 is 5.15. The molecule has 2 aromatic heterocycles. The predicted molar refractivity (Wildman–Crippen MR) is 108 cm³/mol. The Hall–Kier alpha value is -3.55. The van der Waals surface area contributed by atoms with Gasteiger partial charge in [-0.15, -0.1) is 15.3 Å². The van der Waals surface area contributed by atoms with Crippen LogP contribution in [-0.2, 0) is 5.41 Å². The second-order valence-corrected chi connectivity index (χ2v) is 7.42. The number of nitrogens with zero attached hydrogens (tertiary/aromatic N) is 5. The number of carbonyl (C=O) groups excluding carboxylic acids is 1. The molecule has 0 saturated carbocycles. The van der Waals surface area contributed by atoms with E-state index in [0.29, 0.717) is 5.89 Å². The van der Waals surface area contributed by atoms with Crippen molar-refractivity contribution in [2.75, 3.05) is 23.3 Å². The van der Waals surface area contributed by atoms with Crippen LogP contribution in [0.15, 0.2) is 46.9 Å². The van der Waals surface area contributed by atoms with Crippen LogP contribution in [0.1, 0.15) is 40.3 Å². The highest BCUT2D eigenvalue weighted by molar-refractivity contribution is 6.01. The molecule has 1 aromatic carbocycles. The van der Waals surface area contributed by atoms with Gasteiger partial charge < -0.3 is 9.32 Å². The van der Waals surface area contributed by atoms with E-state index in [-0.39, 0.29) is 17.1 Å². The van der Waals surface area contributed by atoms with Gasteiger partial charge in [0.05, 0.1) is 0 Å². The number of fused-ring (bicyclic) bond motifs is 2. The number of allylic oxidation sites excluding steroid dienone is 1. The molecule has 3 aromatic rings. The summed E-state index contributed by atoms with van der Waals surface area (Å²) in [6.07, 6.45) is 6.65. The van der Waals surface area contributed by atoms with Crippen molar-refractivity contribution in [1.29, 1.82) is 0 Å². The molecule has 1 aliphatic heterocycles. The lowest BCUT2D eigenvalue weighted by atomic mass is 9.74. The van der Waals surface area contributed by atoms with E-state index in [1.807, 2.05) is 6.07 Å². The SMILES string of the molecule is Cc1nnc(NC(=O)c2ccc(N3CCC4(C=Cc5ccccc54)CC3)nn2)o1. The minimum Gasteiger partial charge on any atom is -0.408 e. The number of piperidine rings is 1. The van der Waals surface area contributed by atoms with Gasteiger partial charge in [-0.3, -0.25) is 10.1 Å². The standard InChI is InChI=1S/C21H20N6O2/c1-14-23-26-20(29-14)22-19(28)17-6-7-18(25-24-17)27-12-10-21(11-13-27)9-8-15-4-2-3-5-16(15)21/h2-9H,10-13H2,1H3,(H,22,26,28). The van der Waals surface area contributed by atoms with Crippen LogP contribution in [-0.4, -0.2) is 39.4 Å². The summed E-state index contributed by atoms with van der Waals surface area (Å²) in [6, 6.07) is 12.2. The molecule has 1 N–H and O–H groups in total. The maximum atomic E-state index is 12.2. The van der Waals surface area contributed by atoms with Crippen molar-refractivity contribution in [3.8, 4) is 0 Å². The summed E-state index contributed by atoms with van der Waals surface area (Å²) in [4.78, 5) is 14.5. The van der Waals surface area contributed by atoms with Gasteiger partial charge in [0.25, 0.3) is 5.91 Å². The number of hydrogen-bond acceptors (Lipinski definition) is 7. The molecular formula is C21H20N6O2. The number of amides is 1. The molecule has 0 bridgehead atoms. The first-order valence-electron chi connectivity index (χ1n) is 9.62. The molecule has 8 heteroatoms. The van der Waals surface area contributed by atoms with Crippen LogP contribution in [0.4, 0.5) is 11.8 Å². The van der Waals surface area contributed by atoms with Crippen LogP contribution in [0.2, 0.25) is 0 Å². The third kappa shape index (κ3) is 3.16. The number of carbonyl (C=O) groups is 1. The molecular weight excluding hydrogens is 368 g/mol. The van der Waals surface area contributed by atoms with Gasteiger partial charge >= 0.3 is 6.01 Å². The maximum absolute atomic E-state index is 12.2. The van der Waals surface area contributed by atoms with Gasteiger partial charge in [-0.1, -0.05) is 41.5 Å². The van der Waals surface area contributed by atoms with Crippen molar-refractivity contribution in [1.82, 2.24) is 20.4 Å². The monoisotopic (exact) mass is 388 g/mol. The van der Waals surface area contributed by atoms with Crippen LogP contribution >= 0.6 is 0 Å². The predicted octanol–water partition coefficient (Wildman–Crippen LogP) is 2.99. The number of aromatic nitrogens is 4. The Labute approximate surface area is 167 Å². The molecule has 3 heterocycles. The van der Waals surface area contributed by atoms with E-state index in [9.17, 15) is 4.79 Å². The van der Waals surface area contributed by atoms with E-state index in [1.165, 1.54) is 11.1 Å². The third-order valence-electron chi connectivity index (χ3n) is 5.69. The summed E-state index contributed by atoms with van der Waals surface area (Å²) in [5.74, 6) is 0.725. The van der Waals surface area contributed by atoms with Gasteiger partial charge in [0.15, 0.2) is 11.5 Å². The first kappa shape index (κ1) is 17.5. The molecule has 1 spiro atoms. The van der Waals surface area contributed by atoms with Crippen molar-refractivity contribution >= 4 is 23.8 Å². The normalized spacial score (nSPS) is 16.8. The third-order valence-corrected chi connectivity index (χ3v) is 5.69. The second-order valence-electron chi connectivity index (χ2n) is 7.42. The van der Waals surface area contributed by atoms with Gasteiger partial charge in [0.2, 0.25) is 5.89 Å². The topological polar surface area (TPSA) is 97.0 Å². The Morgan fingerprint density at radius 2 is 1.90 bits per heavy atom. The average Bonchev–Trinajstić information content (AvgIpc) is 3.33. The Morgan fingerprint density at radius 3 is 2.62 bits per heavy atom.